The average molecular weight is 288 g/mol. The van der Waals surface area contributed by atoms with Gasteiger partial charge in [-0.1, -0.05) is 0 Å². The summed E-state index contributed by atoms with van der Waals surface area (Å²) in [4.78, 5) is 17.8. The van der Waals surface area contributed by atoms with Gasteiger partial charge in [0.1, 0.15) is 11.6 Å². The molecule has 4 nitrogen and oxygen atoms in total. The number of esters is 1. The van der Waals surface area contributed by atoms with Gasteiger partial charge in [-0.3, -0.25) is 0 Å². The lowest BCUT2D eigenvalue weighted by Gasteiger charge is -2.22. The van der Waals surface area contributed by atoms with E-state index in [4.69, 9.17) is 4.74 Å². The van der Waals surface area contributed by atoms with E-state index in [2.05, 4.69) is 4.98 Å². The molecule has 0 fully saturated rings. The fraction of sp³-hybridized carbons (Fsp3) is 0.250. The van der Waals surface area contributed by atoms with E-state index in [0.717, 1.165) is 5.69 Å². The minimum Gasteiger partial charge on any atom is -0.462 e. The first-order valence-corrected chi connectivity index (χ1v) is 6.82. The highest BCUT2D eigenvalue weighted by Gasteiger charge is 2.11. The summed E-state index contributed by atoms with van der Waals surface area (Å²) in [5.41, 5.74) is 1.26. The highest BCUT2D eigenvalue weighted by Crippen LogP contribution is 2.23. The second kappa shape index (κ2) is 6.83. The number of benzene rings is 1. The Morgan fingerprint density at radius 3 is 2.43 bits per heavy atom. The molecule has 0 saturated carbocycles. The van der Waals surface area contributed by atoms with Crippen molar-refractivity contribution in [2.45, 2.75) is 13.8 Å². The Kier molecular flexibility index (Phi) is 4.87. The molecule has 5 heteroatoms. The van der Waals surface area contributed by atoms with Crippen LogP contribution >= 0.6 is 0 Å². The number of pyridine rings is 1. The normalized spacial score (nSPS) is 10.2. The molecule has 1 aromatic carbocycles. The number of rotatable bonds is 5. The van der Waals surface area contributed by atoms with Gasteiger partial charge in [0, 0.05) is 18.4 Å². The third-order valence-electron chi connectivity index (χ3n) is 2.99. The quantitative estimate of drug-likeness (QED) is 0.789. The van der Waals surface area contributed by atoms with Crippen molar-refractivity contribution in [3.8, 4) is 0 Å². The monoisotopic (exact) mass is 288 g/mol. The second-order valence-corrected chi connectivity index (χ2v) is 4.35. The summed E-state index contributed by atoms with van der Waals surface area (Å²) in [6, 6.07) is 9.63. The molecule has 0 spiro atoms. The van der Waals surface area contributed by atoms with Gasteiger partial charge in [0.15, 0.2) is 0 Å². The van der Waals surface area contributed by atoms with Crippen LogP contribution in [0.25, 0.3) is 0 Å². The Bertz CT molecular complexity index is 597. The first-order valence-electron chi connectivity index (χ1n) is 6.82. The van der Waals surface area contributed by atoms with Crippen molar-refractivity contribution in [3.63, 3.8) is 0 Å². The van der Waals surface area contributed by atoms with E-state index in [-0.39, 0.29) is 11.8 Å². The molecule has 0 atom stereocenters. The van der Waals surface area contributed by atoms with Gasteiger partial charge >= 0.3 is 5.97 Å². The van der Waals surface area contributed by atoms with Gasteiger partial charge in [-0.15, -0.1) is 0 Å². The van der Waals surface area contributed by atoms with Crippen molar-refractivity contribution in [2.24, 2.45) is 0 Å². The van der Waals surface area contributed by atoms with E-state index < -0.39 is 0 Å². The number of aromatic nitrogens is 1. The first kappa shape index (κ1) is 15.0. The summed E-state index contributed by atoms with van der Waals surface area (Å²) in [5.74, 6) is 0.0268. The molecule has 0 radical (unpaired) electrons. The number of carbonyl (C=O) groups excluding carboxylic acids is 1. The summed E-state index contributed by atoms with van der Waals surface area (Å²) in [6.45, 7) is 4.74. The summed E-state index contributed by atoms with van der Waals surface area (Å²) in [7, 11) is 0. The van der Waals surface area contributed by atoms with Gasteiger partial charge in [0.25, 0.3) is 0 Å². The van der Waals surface area contributed by atoms with Crippen LogP contribution in [0.4, 0.5) is 15.9 Å². The van der Waals surface area contributed by atoms with Crippen LogP contribution in [0, 0.1) is 5.82 Å². The van der Waals surface area contributed by atoms with E-state index in [9.17, 15) is 9.18 Å². The maximum atomic E-state index is 13.0. The van der Waals surface area contributed by atoms with Crippen molar-refractivity contribution in [1.82, 2.24) is 4.98 Å². The molecule has 0 N–H and O–H groups in total. The highest BCUT2D eigenvalue weighted by molar-refractivity contribution is 5.89. The zero-order chi connectivity index (χ0) is 15.2. The molecule has 0 aliphatic rings. The first-order chi connectivity index (χ1) is 10.2. The average Bonchev–Trinajstić information content (AvgIpc) is 2.51. The van der Waals surface area contributed by atoms with Crippen LogP contribution in [0.15, 0.2) is 42.6 Å². The maximum absolute atomic E-state index is 13.0. The number of halogens is 1. The molecule has 1 aromatic heterocycles. The van der Waals surface area contributed by atoms with Crippen molar-refractivity contribution >= 4 is 17.5 Å². The van der Waals surface area contributed by atoms with Crippen LogP contribution in [-0.4, -0.2) is 24.1 Å². The van der Waals surface area contributed by atoms with Gasteiger partial charge in [-0.05, 0) is 50.2 Å². The molecule has 2 aromatic rings. The van der Waals surface area contributed by atoms with Crippen LogP contribution in [0.1, 0.15) is 24.2 Å². The summed E-state index contributed by atoms with van der Waals surface area (Å²) in [5, 5.41) is 0. The van der Waals surface area contributed by atoms with Gasteiger partial charge < -0.3 is 9.64 Å². The predicted molar refractivity (Wildman–Crippen MR) is 79.3 cm³/mol. The Labute approximate surface area is 123 Å². The smallest absolute Gasteiger partial charge is 0.339 e. The lowest BCUT2D eigenvalue weighted by molar-refractivity contribution is 0.0526. The van der Waals surface area contributed by atoms with E-state index in [0.29, 0.717) is 24.5 Å². The summed E-state index contributed by atoms with van der Waals surface area (Å²) < 4.78 is 17.9. The maximum Gasteiger partial charge on any atom is 0.339 e. The Morgan fingerprint density at radius 1 is 1.19 bits per heavy atom. The van der Waals surface area contributed by atoms with E-state index in [1.54, 1.807) is 31.2 Å². The van der Waals surface area contributed by atoms with Crippen molar-refractivity contribution in [2.75, 3.05) is 18.1 Å². The van der Waals surface area contributed by atoms with Gasteiger partial charge in [0.05, 0.1) is 12.2 Å². The fourth-order valence-electron chi connectivity index (χ4n) is 1.98. The van der Waals surface area contributed by atoms with E-state index in [1.165, 1.54) is 18.3 Å². The summed E-state index contributed by atoms with van der Waals surface area (Å²) >= 11 is 0. The van der Waals surface area contributed by atoms with Crippen LogP contribution in [-0.2, 0) is 4.74 Å². The molecule has 0 bridgehead atoms. The van der Waals surface area contributed by atoms with Crippen LogP contribution in [0.5, 0.6) is 0 Å². The largest absolute Gasteiger partial charge is 0.462 e. The molecule has 0 saturated heterocycles. The molecule has 0 aliphatic carbocycles. The third kappa shape index (κ3) is 3.56. The SMILES string of the molecule is CCOC(=O)c1ccc(N(CC)c2ccc(F)cc2)nc1. The van der Waals surface area contributed by atoms with Crippen molar-refractivity contribution < 1.29 is 13.9 Å². The van der Waals surface area contributed by atoms with Crippen LogP contribution < -0.4 is 4.90 Å². The molecular formula is C16H17FN2O2. The molecule has 0 unspecified atom stereocenters. The van der Waals surface area contributed by atoms with Crippen LogP contribution in [0.3, 0.4) is 0 Å². The standard InChI is InChI=1S/C16H17FN2O2/c1-3-19(14-8-6-13(17)7-9-14)15-10-5-12(11-18-15)16(20)21-4-2/h5-11H,3-4H2,1-2H3. The molecule has 2 rings (SSSR count). The molecule has 0 amide bonds. The number of hydrogen-bond donors (Lipinski definition) is 0. The lowest BCUT2D eigenvalue weighted by atomic mass is 10.2. The van der Waals surface area contributed by atoms with E-state index >= 15 is 0 Å². The Balaban J connectivity index is 2.23. The molecule has 1 heterocycles. The minimum atomic E-state index is -0.388. The number of ether oxygens (including phenoxy) is 1. The molecule has 21 heavy (non-hydrogen) atoms. The fourth-order valence-corrected chi connectivity index (χ4v) is 1.98. The minimum absolute atomic E-state index is 0.277. The third-order valence-corrected chi connectivity index (χ3v) is 2.99. The Morgan fingerprint density at radius 2 is 1.90 bits per heavy atom. The van der Waals surface area contributed by atoms with Crippen LogP contribution in [0.2, 0.25) is 0 Å². The van der Waals surface area contributed by atoms with Gasteiger partial charge in [0.2, 0.25) is 0 Å². The number of hydrogen-bond acceptors (Lipinski definition) is 4. The van der Waals surface area contributed by atoms with Crippen molar-refractivity contribution in [1.29, 1.82) is 0 Å². The van der Waals surface area contributed by atoms with Gasteiger partial charge in [-0.25, -0.2) is 14.2 Å². The molecular weight excluding hydrogens is 271 g/mol. The highest BCUT2D eigenvalue weighted by atomic mass is 19.1. The molecule has 0 aliphatic heterocycles. The molecule has 110 valence electrons. The second-order valence-electron chi connectivity index (χ2n) is 4.35. The zero-order valence-corrected chi connectivity index (χ0v) is 12.0. The zero-order valence-electron chi connectivity index (χ0n) is 12.0. The number of nitrogens with zero attached hydrogens (tertiary/aromatic N) is 2. The number of carbonyl (C=O) groups is 1. The summed E-state index contributed by atoms with van der Waals surface area (Å²) in [6.07, 6.45) is 1.49. The lowest BCUT2D eigenvalue weighted by Crippen LogP contribution is -2.17. The topological polar surface area (TPSA) is 42.4 Å². The predicted octanol–water partition coefficient (Wildman–Crippen LogP) is 3.56. The van der Waals surface area contributed by atoms with Crippen molar-refractivity contribution in [3.05, 3.63) is 54.0 Å². The van der Waals surface area contributed by atoms with E-state index in [1.807, 2.05) is 11.8 Å². The van der Waals surface area contributed by atoms with Gasteiger partial charge in [-0.2, -0.15) is 0 Å². The number of anilines is 2. The Hall–Kier alpha value is -2.43.